The average molecular weight is 367 g/mol. The second kappa shape index (κ2) is 28.6. The van der Waals surface area contributed by atoms with E-state index < -0.39 is 0 Å². The van der Waals surface area contributed by atoms with Crippen molar-refractivity contribution in [3.05, 3.63) is 0 Å². The number of rotatable bonds is 0. The Morgan fingerprint density at radius 1 is 1.20 bits per heavy atom. The van der Waals surface area contributed by atoms with Gasteiger partial charge in [0.15, 0.2) is 0 Å². The van der Waals surface area contributed by atoms with Gasteiger partial charge in [0.1, 0.15) is 0 Å². The fourth-order valence-corrected chi connectivity index (χ4v) is 0. The van der Waals surface area contributed by atoms with Crippen molar-refractivity contribution in [3.8, 4) is 0 Å². The third kappa shape index (κ3) is 19.7. The number of hydrogen-bond acceptors (Lipinski definition) is 1. The number of thiol groups is 1. The maximum absolute atomic E-state index is 3.47. The molecule has 0 heterocycles. The van der Waals surface area contributed by atoms with Crippen molar-refractivity contribution >= 4 is 71.6 Å². The first-order chi connectivity index (χ1) is 1.00. The van der Waals surface area contributed by atoms with E-state index in [1.165, 1.54) is 0 Å². The van der Waals surface area contributed by atoms with Gasteiger partial charge in [-0.15, -0.1) is 0 Å². The Balaban J connectivity index is -0.00000000167. The van der Waals surface area contributed by atoms with E-state index in [0.29, 0.717) is 0 Å². The van der Waals surface area contributed by atoms with Crippen molar-refractivity contribution in [1.82, 2.24) is 0 Å². The van der Waals surface area contributed by atoms with Gasteiger partial charge in [-0.3, -0.25) is 0 Å². The summed E-state index contributed by atoms with van der Waals surface area (Å²) in [6.45, 7) is 0. The van der Waals surface area contributed by atoms with E-state index in [4.69, 9.17) is 0 Å². The van der Waals surface area contributed by atoms with Crippen molar-refractivity contribution in [2.75, 3.05) is 0 Å². The summed E-state index contributed by atoms with van der Waals surface area (Å²) in [4.78, 5) is 0. The third-order valence-corrected chi connectivity index (χ3v) is 0. The van der Waals surface area contributed by atoms with Gasteiger partial charge in [-0.2, -0.15) is 0 Å². The Morgan fingerprint density at radius 2 is 1.20 bits per heavy atom. The van der Waals surface area contributed by atoms with E-state index in [1.807, 2.05) is 14.9 Å². The van der Waals surface area contributed by atoms with Gasteiger partial charge in [-0.25, -0.2) is 0 Å². The monoisotopic (exact) mass is 367 g/mol. The van der Waals surface area contributed by atoms with Gasteiger partial charge >= 0.3 is 71.6 Å². The molecule has 5 heteroatoms. The fourth-order valence-electron chi connectivity index (χ4n) is 0. The summed E-state index contributed by atoms with van der Waals surface area (Å²) in [6, 6.07) is 0. The average Bonchev–Trinajstić information content (AvgIpc) is 1.00. The van der Waals surface area contributed by atoms with Crippen LogP contribution < -0.4 is 0 Å². The molecule has 0 spiro atoms. The molecule has 0 saturated heterocycles. The van der Waals surface area contributed by atoms with Gasteiger partial charge in [0.2, 0.25) is 0 Å². The Bertz CT molecular complexity index is 11.6. The summed E-state index contributed by atoms with van der Waals surface area (Å²) < 4.78 is 0. The van der Waals surface area contributed by atoms with Crippen LogP contribution in [0.5, 0.6) is 0 Å². The van der Waals surface area contributed by atoms with Gasteiger partial charge in [-0.05, 0) is 0 Å². The van der Waals surface area contributed by atoms with E-state index in [0.717, 1.165) is 0 Å². The molecular formula is H8CuGaInSSe. The molecule has 1 radical (unpaired) electrons. The standard InChI is InChI=1S/Cu.Ga.In.H2SSe.6H/c;;;1-2;;;;;;/h;;;1-2H;;;;;;. The van der Waals surface area contributed by atoms with Crippen molar-refractivity contribution in [2.45, 2.75) is 0 Å². The molecule has 0 nitrogen and oxygen atoms in total. The van der Waals surface area contributed by atoms with E-state index >= 15 is 0 Å². The van der Waals surface area contributed by atoms with Crippen LogP contribution in [0.2, 0.25) is 0 Å². The molecule has 0 rings (SSSR count). The molecule has 0 atom stereocenters. The Kier molecular flexibility index (Phi) is 141. The molecule has 0 aromatic rings. The molecule has 5 heavy (non-hydrogen) atoms. The number of hydrogen-bond donors (Lipinski definition) is 1. The molecule has 0 aliphatic heterocycles. The van der Waals surface area contributed by atoms with Gasteiger partial charge in [0, 0.05) is 17.1 Å². The first kappa shape index (κ1) is 24.7. The van der Waals surface area contributed by atoms with Gasteiger partial charge < -0.3 is 0 Å². The molecule has 37 valence electrons. The summed E-state index contributed by atoms with van der Waals surface area (Å²) >= 11 is 5.47. The van der Waals surface area contributed by atoms with Crippen LogP contribution in [0.3, 0.4) is 0 Å². The summed E-state index contributed by atoms with van der Waals surface area (Å²) in [5, 5.41) is 0. The van der Waals surface area contributed by atoms with Crippen LogP contribution in [0.15, 0.2) is 0 Å². The second-order valence-corrected chi connectivity index (χ2v) is 0. The summed E-state index contributed by atoms with van der Waals surface area (Å²) in [5.74, 6) is 0. The third-order valence-electron chi connectivity index (χ3n) is 0. The van der Waals surface area contributed by atoms with Crippen LogP contribution in [-0.4, -0.2) is 60.5 Å². The normalized spacial score (nSPS) is 1.20. The zero-order valence-electron chi connectivity index (χ0n) is 1.20. The Hall–Kier alpha value is 2.90. The van der Waals surface area contributed by atoms with Crippen LogP contribution in [0.4, 0.5) is 0 Å². The van der Waals surface area contributed by atoms with Crippen molar-refractivity contribution in [1.29, 1.82) is 0 Å². The molecule has 0 unspecified atom stereocenters. The Labute approximate surface area is 87.2 Å². The van der Waals surface area contributed by atoms with E-state index in [-0.39, 0.29) is 62.7 Å². The maximum atomic E-state index is 3.47. The fraction of sp³-hybridized carbons (Fsp3) is 0. The van der Waals surface area contributed by atoms with Crippen molar-refractivity contribution in [3.63, 3.8) is 0 Å². The molecule has 0 N–H and O–H groups in total. The van der Waals surface area contributed by atoms with Gasteiger partial charge in [0.25, 0.3) is 0 Å². The molecular weight excluding hydrogens is 359 g/mol. The summed E-state index contributed by atoms with van der Waals surface area (Å²) in [7, 11) is 0. The van der Waals surface area contributed by atoms with E-state index in [9.17, 15) is 0 Å². The second-order valence-electron chi connectivity index (χ2n) is 0. The molecule has 0 aliphatic rings. The minimum absolute atomic E-state index is 0. The van der Waals surface area contributed by atoms with Crippen LogP contribution in [-0.2, 0) is 17.1 Å². The molecule has 0 amide bonds. The van der Waals surface area contributed by atoms with Crippen LogP contribution in [0.1, 0.15) is 0 Å². The molecule has 0 aliphatic carbocycles. The van der Waals surface area contributed by atoms with Crippen molar-refractivity contribution in [2.24, 2.45) is 0 Å². The predicted octanol–water partition coefficient (Wildman–Crippen LogP) is -2.64. The topological polar surface area (TPSA) is 0 Å². The molecule has 0 aromatic heterocycles. The minimum atomic E-state index is 0. The SMILES string of the molecule is S[SeH].[Cu].[GaH3].[InH3]. The molecule has 0 bridgehead atoms. The van der Waals surface area contributed by atoms with E-state index in [2.05, 4.69) is 11.0 Å². The zero-order valence-corrected chi connectivity index (χ0v) is 4.91. The first-order valence-electron chi connectivity index (χ1n) is 0.200. The summed E-state index contributed by atoms with van der Waals surface area (Å²) in [6.07, 6.45) is 0. The van der Waals surface area contributed by atoms with Crippen LogP contribution in [0.25, 0.3) is 0 Å². The summed E-state index contributed by atoms with van der Waals surface area (Å²) in [5.41, 5.74) is 0. The zero-order chi connectivity index (χ0) is 2.00. The van der Waals surface area contributed by atoms with Crippen molar-refractivity contribution < 1.29 is 17.1 Å². The Morgan fingerprint density at radius 3 is 1.20 bits per heavy atom. The van der Waals surface area contributed by atoms with Gasteiger partial charge in [0.05, 0.1) is 0 Å². The molecule has 0 aromatic carbocycles. The molecule has 0 fully saturated rings. The van der Waals surface area contributed by atoms with Gasteiger partial charge in [-0.1, -0.05) is 0 Å². The van der Waals surface area contributed by atoms with Crippen LogP contribution in [0, 0.1) is 0 Å². The van der Waals surface area contributed by atoms with E-state index in [1.54, 1.807) is 0 Å². The first-order valence-corrected chi connectivity index (χ1v) is 3.12. The predicted molar refractivity (Wildman–Crippen MR) is 36.0 cm³/mol. The quantitative estimate of drug-likeness (QED) is 0.352. The van der Waals surface area contributed by atoms with Crippen LogP contribution >= 0.6 is 11.0 Å². The molecule has 0 saturated carbocycles.